The number of hydrogen-bond donors (Lipinski definition) is 1. The van der Waals surface area contributed by atoms with Crippen LogP contribution in [0.5, 0.6) is 0 Å². The number of sulfonamides is 1. The van der Waals surface area contributed by atoms with E-state index in [0.29, 0.717) is 6.42 Å². The Kier molecular flexibility index (Phi) is 3.72. The maximum absolute atomic E-state index is 13.7. The zero-order valence-corrected chi connectivity index (χ0v) is 11.3. The van der Waals surface area contributed by atoms with Gasteiger partial charge >= 0.3 is 0 Å². The van der Waals surface area contributed by atoms with Crippen LogP contribution < -0.4 is 4.72 Å². The van der Waals surface area contributed by atoms with Gasteiger partial charge in [0.2, 0.25) is 5.89 Å². The quantitative estimate of drug-likeness (QED) is 0.936. The molecule has 0 atom stereocenters. The van der Waals surface area contributed by atoms with Crippen molar-refractivity contribution in [2.45, 2.75) is 18.2 Å². The second kappa shape index (κ2) is 5.14. The van der Waals surface area contributed by atoms with Crippen molar-refractivity contribution in [1.82, 2.24) is 10.1 Å². The fourth-order valence-corrected chi connectivity index (χ4v) is 2.57. The molecule has 0 unspecified atom stereocenters. The average Bonchev–Trinajstić information content (AvgIpc) is 2.79. The van der Waals surface area contributed by atoms with Crippen LogP contribution in [-0.4, -0.2) is 18.6 Å². The van der Waals surface area contributed by atoms with Crippen molar-refractivity contribution in [1.29, 1.82) is 0 Å². The summed E-state index contributed by atoms with van der Waals surface area (Å²) in [6, 6.07) is 3.66. The fraction of sp³-hybridized carbons (Fsp3) is 0.200. The van der Waals surface area contributed by atoms with Crippen LogP contribution in [0.4, 0.5) is 10.3 Å². The summed E-state index contributed by atoms with van der Waals surface area (Å²) in [7, 11) is -4.16. The molecule has 0 radical (unpaired) electrons. The summed E-state index contributed by atoms with van der Waals surface area (Å²) in [5.74, 6) is -1.02. The highest BCUT2D eigenvalue weighted by molar-refractivity contribution is 7.92. The van der Waals surface area contributed by atoms with Crippen molar-refractivity contribution in [2.75, 3.05) is 4.72 Å². The zero-order chi connectivity index (χ0) is 14.0. The van der Waals surface area contributed by atoms with Gasteiger partial charge in [-0.25, -0.2) is 17.5 Å². The van der Waals surface area contributed by atoms with Crippen molar-refractivity contribution in [3.05, 3.63) is 34.9 Å². The molecule has 0 saturated heterocycles. The van der Waals surface area contributed by atoms with Gasteiger partial charge in [-0.3, -0.25) is 0 Å². The van der Waals surface area contributed by atoms with Crippen LogP contribution in [-0.2, 0) is 16.4 Å². The summed E-state index contributed by atoms with van der Waals surface area (Å²) in [6.07, 6.45) is 0.459. The van der Waals surface area contributed by atoms with Crippen molar-refractivity contribution in [3.63, 3.8) is 0 Å². The Bertz CT molecular complexity index is 702. The largest absolute Gasteiger partial charge is 0.337 e. The van der Waals surface area contributed by atoms with Crippen molar-refractivity contribution >= 4 is 27.6 Å². The van der Waals surface area contributed by atoms with E-state index in [0.717, 1.165) is 6.07 Å². The molecule has 0 aliphatic carbocycles. The van der Waals surface area contributed by atoms with Gasteiger partial charge in [0.1, 0.15) is 4.90 Å². The monoisotopic (exact) mass is 305 g/mol. The Morgan fingerprint density at radius 1 is 1.47 bits per heavy atom. The van der Waals surface area contributed by atoms with E-state index in [1.54, 1.807) is 6.92 Å². The van der Waals surface area contributed by atoms with E-state index in [1.165, 1.54) is 12.1 Å². The number of rotatable bonds is 4. The summed E-state index contributed by atoms with van der Waals surface area (Å²) in [6.45, 7) is 1.77. The third-order valence-corrected chi connectivity index (χ3v) is 3.84. The molecule has 0 aliphatic heterocycles. The molecule has 1 aromatic carbocycles. The lowest BCUT2D eigenvalue weighted by Crippen LogP contribution is -2.15. The molecular formula is C10H9ClFN3O3S. The zero-order valence-electron chi connectivity index (χ0n) is 9.72. The summed E-state index contributed by atoms with van der Waals surface area (Å²) < 4.78 is 44.3. The number of benzene rings is 1. The Morgan fingerprint density at radius 2 is 2.21 bits per heavy atom. The van der Waals surface area contributed by atoms with E-state index in [1.807, 2.05) is 4.72 Å². The molecule has 19 heavy (non-hydrogen) atoms. The highest BCUT2D eigenvalue weighted by atomic mass is 35.5. The van der Waals surface area contributed by atoms with Gasteiger partial charge < -0.3 is 4.52 Å². The maximum atomic E-state index is 13.7. The van der Waals surface area contributed by atoms with E-state index in [4.69, 9.17) is 16.1 Å². The molecule has 102 valence electrons. The number of aryl methyl sites for hydroxylation is 1. The third kappa shape index (κ3) is 2.85. The first-order chi connectivity index (χ1) is 8.94. The first-order valence-corrected chi connectivity index (χ1v) is 7.09. The summed E-state index contributed by atoms with van der Waals surface area (Å²) in [4.78, 5) is 3.19. The van der Waals surface area contributed by atoms with Gasteiger partial charge in [0.25, 0.3) is 16.0 Å². The molecule has 0 fully saturated rings. The van der Waals surface area contributed by atoms with E-state index < -0.39 is 20.7 Å². The minimum Gasteiger partial charge on any atom is -0.337 e. The van der Waals surface area contributed by atoms with Gasteiger partial charge in [-0.2, -0.15) is 4.98 Å². The molecule has 0 saturated carbocycles. The molecule has 9 heteroatoms. The lowest BCUT2D eigenvalue weighted by atomic mass is 10.3. The normalized spacial score (nSPS) is 11.5. The number of nitrogens with zero attached hydrogens (tertiary/aromatic N) is 2. The lowest BCUT2D eigenvalue weighted by molar-refractivity contribution is 0.383. The molecule has 0 aliphatic rings. The molecular weight excluding hydrogens is 297 g/mol. The third-order valence-electron chi connectivity index (χ3n) is 2.20. The van der Waals surface area contributed by atoms with Gasteiger partial charge in [-0.05, 0) is 17.3 Å². The topological polar surface area (TPSA) is 85.1 Å². The molecule has 0 spiro atoms. The van der Waals surface area contributed by atoms with Crippen molar-refractivity contribution in [2.24, 2.45) is 0 Å². The number of aromatic nitrogens is 2. The van der Waals surface area contributed by atoms with Gasteiger partial charge in [0.05, 0.1) is 5.02 Å². The predicted molar refractivity (Wildman–Crippen MR) is 65.9 cm³/mol. The Hall–Kier alpha value is -1.67. The summed E-state index contributed by atoms with van der Waals surface area (Å²) in [5, 5.41) is 3.13. The van der Waals surface area contributed by atoms with E-state index in [9.17, 15) is 12.8 Å². The molecule has 2 aromatic rings. The van der Waals surface area contributed by atoms with Crippen LogP contribution in [0, 0.1) is 5.82 Å². The smallest absolute Gasteiger partial charge is 0.277 e. The van der Waals surface area contributed by atoms with Crippen molar-refractivity contribution < 1.29 is 17.3 Å². The summed E-state index contributed by atoms with van der Waals surface area (Å²) in [5.41, 5.74) is 0. The van der Waals surface area contributed by atoms with Crippen LogP contribution >= 0.6 is 11.6 Å². The van der Waals surface area contributed by atoms with Crippen LogP contribution in [0.1, 0.15) is 12.8 Å². The first kappa shape index (κ1) is 13.8. The molecule has 2 rings (SSSR count). The highest BCUT2D eigenvalue weighted by Gasteiger charge is 2.22. The van der Waals surface area contributed by atoms with Gasteiger partial charge in [-0.1, -0.05) is 24.6 Å². The molecule has 1 aromatic heterocycles. The van der Waals surface area contributed by atoms with Crippen molar-refractivity contribution in [3.8, 4) is 0 Å². The van der Waals surface area contributed by atoms with E-state index in [-0.39, 0.29) is 16.9 Å². The van der Waals surface area contributed by atoms with Crippen LogP contribution in [0.25, 0.3) is 0 Å². The van der Waals surface area contributed by atoms with Gasteiger partial charge in [0, 0.05) is 6.42 Å². The molecule has 1 N–H and O–H groups in total. The minimum atomic E-state index is -4.16. The Morgan fingerprint density at radius 3 is 2.84 bits per heavy atom. The maximum Gasteiger partial charge on any atom is 0.277 e. The van der Waals surface area contributed by atoms with Gasteiger partial charge in [0.15, 0.2) is 5.82 Å². The highest BCUT2D eigenvalue weighted by Crippen LogP contribution is 2.23. The molecule has 6 nitrogen and oxygen atoms in total. The van der Waals surface area contributed by atoms with E-state index >= 15 is 0 Å². The van der Waals surface area contributed by atoms with Crippen LogP contribution in [0.3, 0.4) is 0 Å². The van der Waals surface area contributed by atoms with Crippen LogP contribution in [0.15, 0.2) is 27.6 Å². The number of nitrogens with one attached hydrogen (secondary N) is 1. The molecule has 0 bridgehead atoms. The lowest BCUT2D eigenvalue weighted by Gasteiger charge is -2.05. The second-order valence-corrected chi connectivity index (χ2v) is 5.58. The Balaban J connectivity index is 2.35. The first-order valence-electron chi connectivity index (χ1n) is 5.23. The molecule has 0 amide bonds. The number of halogens is 2. The fourth-order valence-electron chi connectivity index (χ4n) is 1.31. The Labute approximate surface area is 113 Å². The molecule has 1 heterocycles. The predicted octanol–water partition coefficient (Wildman–Crippen LogP) is 2.23. The standard InChI is InChI=1S/C10H9ClFN3O3S/c1-2-8-13-10(14-18-8)15-19(16,17)7-5-3-4-6(11)9(7)12/h3-5H,2H2,1H3,(H,14,15). The SMILES string of the molecule is CCc1nc(NS(=O)(=O)c2cccc(Cl)c2F)no1. The number of anilines is 1. The average molecular weight is 306 g/mol. The summed E-state index contributed by atoms with van der Waals surface area (Å²) >= 11 is 5.53. The second-order valence-electron chi connectivity index (χ2n) is 3.52. The minimum absolute atomic E-state index is 0.253. The van der Waals surface area contributed by atoms with Crippen LogP contribution in [0.2, 0.25) is 5.02 Å². The van der Waals surface area contributed by atoms with E-state index in [2.05, 4.69) is 10.1 Å². The number of hydrogen-bond acceptors (Lipinski definition) is 5. The van der Waals surface area contributed by atoms with Gasteiger partial charge in [-0.15, -0.1) is 0 Å².